The maximum absolute atomic E-state index is 13.8. The van der Waals surface area contributed by atoms with Crippen LogP contribution in [-0.4, -0.2) is 58.5 Å². The van der Waals surface area contributed by atoms with Crippen LogP contribution in [0, 0.1) is 17.6 Å². The van der Waals surface area contributed by atoms with Crippen LogP contribution in [0.25, 0.3) is 0 Å². The summed E-state index contributed by atoms with van der Waals surface area (Å²) in [6.07, 6.45) is 1.48. The fraction of sp³-hybridized carbons (Fsp3) is 0.500. The number of hydrogen-bond donors (Lipinski definition) is 2. The lowest BCUT2D eigenvalue weighted by atomic mass is 10.0. The molecule has 2 atom stereocenters. The molecule has 0 aliphatic carbocycles. The summed E-state index contributed by atoms with van der Waals surface area (Å²) in [4.78, 5) is 38.8. The zero-order valence-electron chi connectivity index (χ0n) is 14.7. The number of benzene rings is 1. The highest BCUT2D eigenvalue weighted by Crippen LogP contribution is 2.20. The number of urea groups is 1. The molecule has 0 aromatic heterocycles. The Labute approximate surface area is 154 Å². The Kier molecular flexibility index (Phi) is 5.57. The quantitative estimate of drug-likeness (QED) is 0.829. The Morgan fingerprint density at radius 1 is 1.22 bits per heavy atom. The summed E-state index contributed by atoms with van der Waals surface area (Å²) >= 11 is 0. The number of halogens is 2. The summed E-state index contributed by atoms with van der Waals surface area (Å²) in [7, 11) is 0. The number of piperidine rings is 1. The van der Waals surface area contributed by atoms with Crippen molar-refractivity contribution in [1.29, 1.82) is 0 Å². The molecule has 2 heterocycles. The largest absolute Gasteiger partial charge is 0.481 e. The molecule has 1 aromatic rings. The zero-order valence-corrected chi connectivity index (χ0v) is 14.7. The number of rotatable bonds is 4. The monoisotopic (exact) mass is 381 g/mol. The molecule has 0 spiro atoms. The lowest BCUT2D eigenvalue weighted by Gasteiger charge is -2.33. The second-order valence-electron chi connectivity index (χ2n) is 6.91. The number of carboxylic acid groups (broad SMARTS) is 1. The molecule has 2 fully saturated rings. The number of nitrogens with zero attached hydrogens (tertiary/aromatic N) is 2. The molecule has 0 saturated carbocycles. The first-order chi connectivity index (χ1) is 12.8. The van der Waals surface area contributed by atoms with Gasteiger partial charge in [0.2, 0.25) is 5.91 Å². The van der Waals surface area contributed by atoms with Gasteiger partial charge in [-0.1, -0.05) is 6.07 Å². The molecule has 0 radical (unpaired) electrons. The molecule has 3 amide bonds. The van der Waals surface area contributed by atoms with Gasteiger partial charge in [-0.05, 0) is 25.3 Å². The van der Waals surface area contributed by atoms with Gasteiger partial charge < -0.3 is 20.2 Å². The Morgan fingerprint density at radius 2 is 2.00 bits per heavy atom. The number of aliphatic carboxylic acids is 1. The van der Waals surface area contributed by atoms with Gasteiger partial charge in [0.15, 0.2) is 0 Å². The van der Waals surface area contributed by atoms with Crippen molar-refractivity contribution in [2.24, 2.45) is 5.92 Å². The molecule has 146 valence electrons. The maximum Gasteiger partial charge on any atom is 0.318 e. The van der Waals surface area contributed by atoms with Crippen LogP contribution in [0.2, 0.25) is 0 Å². The van der Waals surface area contributed by atoms with E-state index in [0.29, 0.717) is 32.4 Å². The molecule has 2 aliphatic heterocycles. The third-order valence-electron chi connectivity index (χ3n) is 5.03. The molecule has 2 aliphatic rings. The first-order valence-corrected chi connectivity index (χ1v) is 8.86. The summed E-state index contributed by atoms with van der Waals surface area (Å²) in [5.41, 5.74) is 0.209. The van der Waals surface area contributed by atoms with Crippen LogP contribution >= 0.6 is 0 Å². The number of amides is 3. The van der Waals surface area contributed by atoms with E-state index in [9.17, 15) is 23.2 Å². The van der Waals surface area contributed by atoms with Gasteiger partial charge in [-0.2, -0.15) is 0 Å². The highest BCUT2D eigenvalue weighted by Gasteiger charge is 2.35. The van der Waals surface area contributed by atoms with E-state index in [2.05, 4.69) is 5.32 Å². The summed E-state index contributed by atoms with van der Waals surface area (Å²) < 4.78 is 26.9. The van der Waals surface area contributed by atoms with Gasteiger partial charge in [-0.25, -0.2) is 13.6 Å². The van der Waals surface area contributed by atoms with E-state index in [1.165, 1.54) is 15.9 Å². The molecular formula is C18H21F2N3O4. The molecule has 1 aromatic carbocycles. The number of carbonyl (C=O) groups excluding carboxylic acids is 2. The summed E-state index contributed by atoms with van der Waals surface area (Å²) in [5.74, 6) is -3.25. The third kappa shape index (κ3) is 4.35. The molecule has 3 rings (SSSR count). The Morgan fingerprint density at radius 3 is 2.67 bits per heavy atom. The van der Waals surface area contributed by atoms with Crippen LogP contribution in [0.5, 0.6) is 0 Å². The molecular weight excluding hydrogens is 360 g/mol. The molecule has 7 nitrogen and oxygen atoms in total. The predicted molar refractivity (Wildman–Crippen MR) is 90.6 cm³/mol. The van der Waals surface area contributed by atoms with Crippen LogP contribution in [0.15, 0.2) is 18.2 Å². The summed E-state index contributed by atoms with van der Waals surface area (Å²) in [5, 5.41) is 11.7. The van der Waals surface area contributed by atoms with Crippen LogP contribution < -0.4 is 5.32 Å². The van der Waals surface area contributed by atoms with Crippen molar-refractivity contribution in [3.05, 3.63) is 35.4 Å². The van der Waals surface area contributed by atoms with Crippen molar-refractivity contribution < 1.29 is 28.3 Å². The minimum Gasteiger partial charge on any atom is -0.481 e. The minimum absolute atomic E-state index is 0.00210. The Balaban J connectivity index is 1.59. The van der Waals surface area contributed by atoms with Crippen LogP contribution in [0.4, 0.5) is 13.6 Å². The van der Waals surface area contributed by atoms with E-state index in [-0.39, 0.29) is 24.6 Å². The number of nitrogens with one attached hydrogen (secondary N) is 1. The third-order valence-corrected chi connectivity index (χ3v) is 5.03. The number of carboxylic acids is 1. The molecule has 9 heteroatoms. The van der Waals surface area contributed by atoms with Gasteiger partial charge in [-0.3, -0.25) is 9.59 Å². The SMILES string of the molecule is O=C(O)C1CCN(C(=O)NC2CCCN(Cc3ccc(F)cc3F)C2=O)C1. The fourth-order valence-electron chi connectivity index (χ4n) is 3.47. The average Bonchev–Trinajstić information content (AvgIpc) is 3.11. The smallest absolute Gasteiger partial charge is 0.318 e. The minimum atomic E-state index is -0.938. The van der Waals surface area contributed by atoms with Crippen LogP contribution in [0.3, 0.4) is 0 Å². The van der Waals surface area contributed by atoms with Gasteiger partial charge in [0.05, 0.1) is 5.92 Å². The second-order valence-corrected chi connectivity index (χ2v) is 6.91. The van der Waals surface area contributed by atoms with Gasteiger partial charge in [0.25, 0.3) is 0 Å². The van der Waals surface area contributed by atoms with Crippen molar-refractivity contribution >= 4 is 17.9 Å². The highest BCUT2D eigenvalue weighted by molar-refractivity contribution is 5.88. The summed E-state index contributed by atoms with van der Waals surface area (Å²) in [6.45, 7) is 0.871. The molecule has 2 unspecified atom stereocenters. The van der Waals surface area contributed by atoms with E-state index >= 15 is 0 Å². The average molecular weight is 381 g/mol. The lowest BCUT2D eigenvalue weighted by molar-refractivity contribution is -0.141. The van der Waals surface area contributed by atoms with E-state index in [4.69, 9.17) is 5.11 Å². The van der Waals surface area contributed by atoms with E-state index < -0.39 is 35.6 Å². The molecule has 2 N–H and O–H groups in total. The first-order valence-electron chi connectivity index (χ1n) is 8.86. The zero-order chi connectivity index (χ0) is 19.6. The standard InChI is InChI=1S/C18H21F2N3O4/c19-13-4-3-11(14(20)8-13)9-22-6-1-2-15(16(22)24)21-18(27)23-7-5-12(10-23)17(25)26/h3-4,8,12,15H,1-2,5-7,9-10H2,(H,21,27)(H,25,26). The fourth-order valence-corrected chi connectivity index (χ4v) is 3.47. The van der Waals surface area contributed by atoms with Crippen molar-refractivity contribution in [1.82, 2.24) is 15.1 Å². The number of likely N-dealkylation sites (tertiary alicyclic amines) is 2. The van der Waals surface area contributed by atoms with E-state index in [1.807, 2.05) is 0 Å². The molecule has 27 heavy (non-hydrogen) atoms. The normalized spacial score (nSPS) is 22.8. The van der Waals surface area contributed by atoms with Gasteiger partial charge in [-0.15, -0.1) is 0 Å². The highest BCUT2D eigenvalue weighted by atomic mass is 19.1. The molecule has 0 bridgehead atoms. The summed E-state index contributed by atoms with van der Waals surface area (Å²) in [6, 6.07) is 2.01. The van der Waals surface area contributed by atoms with Gasteiger partial charge >= 0.3 is 12.0 Å². The van der Waals surface area contributed by atoms with Gasteiger partial charge in [0, 0.05) is 37.8 Å². The van der Waals surface area contributed by atoms with E-state index in [0.717, 1.165) is 12.1 Å². The maximum atomic E-state index is 13.8. The predicted octanol–water partition coefficient (Wildman–Crippen LogP) is 1.57. The van der Waals surface area contributed by atoms with E-state index in [1.54, 1.807) is 0 Å². The van der Waals surface area contributed by atoms with Crippen molar-refractivity contribution in [2.75, 3.05) is 19.6 Å². The van der Waals surface area contributed by atoms with Crippen LogP contribution in [-0.2, 0) is 16.1 Å². The number of hydrogen-bond acceptors (Lipinski definition) is 3. The van der Waals surface area contributed by atoms with Crippen molar-refractivity contribution in [2.45, 2.75) is 31.8 Å². The Hall–Kier alpha value is -2.71. The van der Waals surface area contributed by atoms with Gasteiger partial charge in [0.1, 0.15) is 17.7 Å². The number of carbonyl (C=O) groups is 3. The first kappa shape index (κ1) is 19.1. The van der Waals surface area contributed by atoms with Crippen molar-refractivity contribution in [3.63, 3.8) is 0 Å². The Bertz CT molecular complexity index is 758. The van der Waals surface area contributed by atoms with Crippen molar-refractivity contribution in [3.8, 4) is 0 Å². The van der Waals surface area contributed by atoms with Crippen LogP contribution in [0.1, 0.15) is 24.8 Å². The topological polar surface area (TPSA) is 89.9 Å². The molecule has 2 saturated heterocycles. The second kappa shape index (κ2) is 7.89. The lowest BCUT2D eigenvalue weighted by Crippen LogP contribution is -2.54.